The van der Waals surface area contributed by atoms with E-state index in [2.05, 4.69) is 20.6 Å². The Morgan fingerprint density at radius 2 is 2.17 bits per heavy atom. The van der Waals surface area contributed by atoms with Crippen molar-refractivity contribution in [1.29, 1.82) is 0 Å². The molecule has 1 saturated carbocycles. The van der Waals surface area contributed by atoms with Gasteiger partial charge in [-0.3, -0.25) is 0 Å². The first kappa shape index (κ1) is 15.8. The second-order valence-corrected chi connectivity index (χ2v) is 6.31. The summed E-state index contributed by atoms with van der Waals surface area (Å²) in [6, 6.07) is 7.43. The van der Waals surface area contributed by atoms with Gasteiger partial charge in [0.2, 0.25) is 0 Å². The molecule has 1 heterocycles. The number of hydrogen-bond acceptors (Lipinski definition) is 3. The van der Waals surface area contributed by atoms with E-state index >= 15 is 0 Å². The molecule has 23 heavy (non-hydrogen) atoms. The van der Waals surface area contributed by atoms with Gasteiger partial charge in [-0.25, -0.2) is 9.78 Å². The van der Waals surface area contributed by atoms with Gasteiger partial charge in [-0.2, -0.15) is 0 Å². The normalized spacial score (nSPS) is 22.7. The summed E-state index contributed by atoms with van der Waals surface area (Å²) in [6.45, 7) is 2.03. The predicted octanol–water partition coefficient (Wildman–Crippen LogP) is 2.47. The first-order chi connectivity index (χ1) is 11.2. The lowest BCUT2D eigenvalue weighted by atomic mass is 9.85. The lowest BCUT2D eigenvalue weighted by Gasteiger charge is -2.31. The summed E-state index contributed by atoms with van der Waals surface area (Å²) in [5.74, 6) is 0.903. The SMILES string of the molecule is CC(NC(=O)NC1CCCCC1CO)c1nc2ccccc2[nH]1. The van der Waals surface area contributed by atoms with Gasteiger partial charge < -0.3 is 20.7 Å². The van der Waals surface area contributed by atoms with Crippen molar-refractivity contribution in [2.24, 2.45) is 5.92 Å². The number of carbonyl (C=O) groups is 1. The highest BCUT2D eigenvalue weighted by atomic mass is 16.3. The summed E-state index contributed by atoms with van der Waals surface area (Å²) in [5.41, 5.74) is 1.85. The molecule has 124 valence electrons. The molecule has 1 aromatic carbocycles. The molecule has 3 atom stereocenters. The molecule has 0 saturated heterocycles. The van der Waals surface area contributed by atoms with Gasteiger partial charge in [-0.05, 0) is 31.9 Å². The van der Waals surface area contributed by atoms with Crippen LogP contribution in [0.3, 0.4) is 0 Å². The number of aliphatic hydroxyl groups is 1. The highest BCUT2D eigenvalue weighted by Crippen LogP contribution is 2.24. The monoisotopic (exact) mass is 316 g/mol. The molecule has 0 spiro atoms. The van der Waals surface area contributed by atoms with Crippen molar-refractivity contribution < 1.29 is 9.90 Å². The van der Waals surface area contributed by atoms with Crippen LogP contribution in [0.1, 0.15) is 44.5 Å². The molecule has 1 fully saturated rings. The van der Waals surface area contributed by atoms with Crippen LogP contribution in [-0.2, 0) is 0 Å². The quantitative estimate of drug-likeness (QED) is 0.698. The van der Waals surface area contributed by atoms with Crippen molar-refractivity contribution in [3.8, 4) is 0 Å². The third-order valence-corrected chi connectivity index (χ3v) is 4.63. The molecule has 1 aromatic heterocycles. The van der Waals surface area contributed by atoms with Crippen LogP contribution in [0.2, 0.25) is 0 Å². The maximum atomic E-state index is 12.2. The number of aliphatic hydroxyl groups excluding tert-OH is 1. The second kappa shape index (κ2) is 7.00. The minimum absolute atomic E-state index is 0.0524. The lowest BCUT2D eigenvalue weighted by molar-refractivity contribution is 0.153. The van der Waals surface area contributed by atoms with E-state index in [0.717, 1.165) is 42.5 Å². The van der Waals surface area contributed by atoms with Crippen molar-refractivity contribution >= 4 is 17.1 Å². The number of para-hydroxylation sites is 2. The van der Waals surface area contributed by atoms with Crippen LogP contribution in [0.5, 0.6) is 0 Å². The molecule has 4 N–H and O–H groups in total. The topological polar surface area (TPSA) is 90.0 Å². The minimum Gasteiger partial charge on any atom is -0.396 e. The number of urea groups is 1. The van der Waals surface area contributed by atoms with Crippen LogP contribution in [0.25, 0.3) is 11.0 Å². The van der Waals surface area contributed by atoms with Crippen LogP contribution in [0, 0.1) is 5.92 Å². The highest BCUT2D eigenvalue weighted by Gasteiger charge is 2.26. The summed E-state index contributed by atoms with van der Waals surface area (Å²) in [5, 5.41) is 15.4. The number of aromatic amines is 1. The number of fused-ring (bicyclic) bond motifs is 1. The average Bonchev–Trinajstić information content (AvgIpc) is 2.99. The van der Waals surface area contributed by atoms with E-state index in [1.807, 2.05) is 31.2 Å². The molecule has 0 bridgehead atoms. The molecule has 3 rings (SSSR count). The number of H-pyrrole nitrogens is 1. The maximum absolute atomic E-state index is 12.2. The van der Waals surface area contributed by atoms with Crippen LogP contribution < -0.4 is 10.6 Å². The summed E-state index contributed by atoms with van der Waals surface area (Å²) in [4.78, 5) is 20.0. The molecule has 1 aliphatic carbocycles. The van der Waals surface area contributed by atoms with Gasteiger partial charge in [0.25, 0.3) is 0 Å². The van der Waals surface area contributed by atoms with Gasteiger partial charge in [0.05, 0.1) is 17.1 Å². The zero-order valence-electron chi connectivity index (χ0n) is 13.4. The standard InChI is InChI=1S/C17H24N4O2/c1-11(16-19-14-8-4-5-9-15(14)20-16)18-17(23)21-13-7-3-2-6-12(13)10-22/h4-5,8-9,11-13,22H,2-3,6-7,10H2,1H3,(H,19,20)(H2,18,21,23). The number of carbonyl (C=O) groups excluding carboxylic acids is 1. The average molecular weight is 316 g/mol. The van der Waals surface area contributed by atoms with Crippen molar-refractivity contribution in [2.45, 2.75) is 44.7 Å². The van der Waals surface area contributed by atoms with Gasteiger partial charge in [0.1, 0.15) is 5.82 Å². The molecule has 3 unspecified atom stereocenters. The summed E-state index contributed by atoms with van der Waals surface area (Å²) in [6.07, 6.45) is 4.12. The van der Waals surface area contributed by atoms with Gasteiger partial charge in [0.15, 0.2) is 0 Å². The highest BCUT2D eigenvalue weighted by molar-refractivity contribution is 5.76. The molecular weight excluding hydrogens is 292 g/mol. The number of hydrogen-bond donors (Lipinski definition) is 4. The summed E-state index contributed by atoms with van der Waals surface area (Å²) >= 11 is 0. The Labute approximate surface area is 135 Å². The predicted molar refractivity (Wildman–Crippen MR) is 89.0 cm³/mol. The second-order valence-electron chi connectivity index (χ2n) is 6.31. The van der Waals surface area contributed by atoms with E-state index in [4.69, 9.17) is 0 Å². The van der Waals surface area contributed by atoms with Crippen LogP contribution in [0.4, 0.5) is 4.79 Å². The number of aromatic nitrogens is 2. The van der Waals surface area contributed by atoms with Crippen LogP contribution >= 0.6 is 0 Å². The van der Waals surface area contributed by atoms with E-state index in [9.17, 15) is 9.90 Å². The van der Waals surface area contributed by atoms with E-state index in [1.54, 1.807) is 0 Å². The van der Waals surface area contributed by atoms with E-state index in [-0.39, 0.29) is 30.6 Å². The van der Waals surface area contributed by atoms with Crippen molar-refractivity contribution in [2.75, 3.05) is 6.61 Å². The smallest absolute Gasteiger partial charge is 0.315 e. The Balaban J connectivity index is 1.60. The zero-order valence-corrected chi connectivity index (χ0v) is 13.4. The molecule has 1 aliphatic rings. The first-order valence-electron chi connectivity index (χ1n) is 8.30. The lowest BCUT2D eigenvalue weighted by Crippen LogP contribution is -2.48. The number of nitrogens with zero attached hydrogens (tertiary/aromatic N) is 1. The third-order valence-electron chi connectivity index (χ3n) is 4.63. The Bertz CT molecular complexity index is 636. The van der Waals surface area contributed by atoms with Crippen LogP contribution in [0.15, 0.2) is 24.3 Å². The molecule has 6 heteroatoms. The van der Waals surface area contributed by atoms with Crippen molar-refractivity contribution in [1.82, 2.24) is 20.6 Å². The zero-order chi connectivity index (χ0) is 16.2. The van der Waals surface area contributed by atoms with Gasteiger partial charge >= 0.3 is 6.03 Å². The Hall–Kier alpha value is -2.08. The fourth-order valence-electron chi connectivity index (χ4n) is 3.27. The van der Waals surface area contributed by atoms with Gasteiger partial charge in [-0.1, -0.05) is 25.0 Å². The van der Waals surface area contributed by atoms with Crippen molar-refractivity contribution in [3.63, 3.8) is 0 Å². The number of rotatable bonds is 4. The Morgan fingerprint density at radius 1 is 1.39 bits per heavy atom. The molecule has 0 aliphatic heterocycles. The fraction of sp³-hybridized carbons (Fsp3) is 0.529. The Morgan fingerprint density at radius 3 is 2.96 bits per heavy atom. The fourth-order valence-corrected chi connectivity index (χ4v) is 3.27. The maximum Gasteiger partial charge on any atom is 0.315 e. The molecular formula is C17H24N4O2. The minimum atomic E-state index is -0.210. The molecule has 2 aromatic rings. The molecule has 2 amide bonds. The number of amides is 2. The summed E-state index contributed by atoms with van der Waals surface area (Å²) in [7, 11) is 0. The number of nitrogens with one attached hydrogen (secondary N) is 3. The van der Waals surface area contributed by atoms with Gasteiger partial charge in [-0.15, -0.1) is 0 Å². The first-order valence-corrected chi connectivity index (χ1v) is 8.30. The summed E-state index contributed by atoms with van der Waals surface area (Å²) < 4.78 is 0. The Kier molecular flexibility index (Phi) is 4.81. The number of benzene rings is 1. The molecule has 6 nitrogen and oxygen atoms in total. The largest absolute Gasteiger partial charge is 0.396 e. The van der Waals surface area contributed by atoms with Crippen LogP contribution in [-0.4, -0.2) is 33.8 Å². The van der Waals surface area contributed by atoms with E-state index < -0.39 is 0 Å². The van der Waals surface area contributed by atoms with Gasteiger partial charge in [0, 0.05) is 18.6 Å². The third kappa shape index (κ3) is 3.64. The number of imidazole rings is 1. The van der Waals surface area contributed by atoms with E-state index in [1.165, 1.54) is 0 Å². The molecule has 0 radical (unpaired) electrons. The van der Waals surface area contributed by atoms with E-state index in [0.29, 0.717) is 0 Å². The van der Waals surface area contributed by atoms with Crippen molar-refractivity contribution in [3.05, 3.63) is 30.1 Å².